The molecule has 0 fully saturated rings. The maximum Gasteiger partial charge on any atom is 0.220 e. The fourth-order valence-corrected chi connectivity index (χ4v) is 5.54. The summed E-state index contributed by atoms with van der Waals surface area (Å²) in [4.78, 5) is 12.3. The van der Waals surface area contributed by atoms with Gasteiger partial charge in [0.25, 0.3) is 0 Å². The van der Waals surface area contributed by atoms with Gasteiger partial charge in [0.1, 0.15) is 0 Å². The molecule has 0 aliphatic carbocycles. The van der Waals surface area contributed by atoms with E-state index in [2.05, 4.69) is 116 Å². The third-order valence-corrected chi connectivity index (χ3v) is 8.76. The lowest BCUT2D eigenvalue weighted by Gasteiger charge is -2.19. The zero-order valence-electron chi connectivity index (χ0n) is 33.5. The molecule has 4 nitrogen and oxygen atoms in total. The van der Waals surface area contributed by atoms with Gasteiger partial charge in [0.2, 0.25) is 5.91 Å². The number of aliphatic hydroxyl groups excluding tert-OH is 2. The molecule has 0 aliphatic heterocycles. The molecule has 3 N–H and O–H groups in total. The van der Waals surface area contributed by atoms with Crippen molar-refractivity contribution in [1.82, 2.24) is 5.32 Å². The number of rotatable bonds is 36. The van der Waals surface area contributed by atoms with Crippen molar-refractivity contribution in [1.29, 1.82) is 0 Å². The second-order valence-electron chi connectivity index (χ2n) is 13.7. The lowest BCUT2D eigenvalue weighted by atomic mass is 10.0. The van der Waals surface area contributed by atoms with Crippen LogP contribution in [0.15, 0.2) is 109 Å². The van der Waals surface area contributed by atoms with E-state index in [9.17, 15) is 15.0 Å². The van der Waals surface area contributed by atoms with E-state index in [-0.39, 0.29) is 12.5 Å². The fraction of sp³-hybridized carbons (Fsp3) is 0.604. The molecule has 52 heavy (non-hydrogen) atoms. The molecule has 2 unspecified atom stereocenters. The fourth-order valence-electron chi connectivity index (χ4n) is 5.54. The first-order chi connectivity index (χ1) is 25.7. The Morgan fingerprint density at radius 2 is 0.846 bits per heavy atom. The molecule has 0 aromatic rings. The van der Waals surface area contributed by atoms with Gasteiger partial charge in [0.15, 0.2) is 0 Å². The first-order valence-corrected chi connectivity index (χ1v) is 21.1. The van der Waals surface area contributed by atoms with Crippen molar-refractivity contribution in [3.63, 3.8) is 0 Å². The summed E-state index contributed by atoms with van der Waals surface area (Å²) in [6, 6.07) is -0.652. The number of allylic oxidation sites excluding steroid dienone is 17. The van der Waals surface area contributed by atoms with Gasteiger partial charge >= 0.3 is 0 Å². The summed E-state index contributed by atoms with van der Waals surface area (Å²) < 4.78 is 0. The summed E-state index contributed by atoms with van der Waals surface area (Å²) in [5.74, 6) is -0.113. The van der Waals surface area contributed by atoms with Crippen LogP contribution < -0.4 is 5.32 Å². The molecule has 2 atom stereocenters. The number of nitrogens with one attached hydrogen (secondary N) is 1. The Morgan fingerprint density at radius 3 is 1.27 bits per heavy atom. The summed E-state index contributed by atoms with van der Waals surface area (Å²) in [5.41, 5.74) is 0. The van der Waals surface area contributed by atoms with Gasteiger partial charge in [-0.1, -0.05) is 187 Å². The topological polar surface area (TPSA) is 69.6 Å². The summed E-state index contributed by atoms with van der Waals surface area (Å²) >= 11 is 0. The molecule has 0 radical (unpaired) electrons. The lowest BCUT2D eigenvalue weighted by Crippen LogP contribution is -2.45. The van der Waals surface area contributed by atoms with Crippen molar-refractivity contribution < 1.29 is 15.0 Å². The molecule has 0 bridgehead atoms. The first kappa shape index (κ1) is 49.0. The van der Waals surface area contributed by atoms with Crippen molar-refractivity contribution in [3.05, 3.63) is 109 Å². The van der Waals surface area contributed by atoms with E-state index in [1.165, 1.54) is 64.2 Å². The molecule has 0 spiro atoms. The van der Waals surface area contributed by atoms with Crippen molar-refractivity contribution in [3.8, 4) is 0 Å². The number of hydrogen-bond donors (Lipinski definition) is 3. The quantitative estimate of drug-likeness (QED) is 0.0446. The monoisotopic (exact) mass is 718 g/mol. The van der Waals surface area contributed by atoms with Gasteiger partial charge in [-0.05, 0) is 83.5 Å². The Bertz CT molecular complexity index is 1040. The van der Waals surface area contributed by atoms with Gasteiger partial charge in [-0.25, -0.2) is 0 Å². The van der Waals surface area contributed by atoms with Crippen LogP contribution in [-0.4, -0.2) is 34.9 Å². The lowest BCUT2D eigenvalue weighted by molar-refractivity contribution is -0.123. The number of carbonyl (C=O) groups is 1. The molecule has 0 saturated heterocycles. The van der Waals surface area contributed by atoms with E-state index < -0.39 is 12.1 Å². The molecule has 4 heteroatoms. The Labute approximate surface area is 321 Å². The highest BCUT2D eigenvalue weighted by Gasteiger charge is 2.17. The van der Waals surface area contributed by atoms with Gasteiger partial charge in [0.05, 0.1) is 18.8 Å². The van der Waals surface area contributed by atoms with E-state index in [4.69, 9.17) is 0 Å². The SMILES string of the molecule is CC/C=C\C/C=C\C/C=C\C/C=C\C/C=C\C/C=C\C/C=C\C/C=C\CCCCC(=O)NC(CO)C(O)/C=C/CCCCCCCCCCCCC. The van der Waals surface area contributed by atoms with E-state index >= 15 is 0 Å². The molecule has 0 aromatic carbocycles. The predicted octanol–water partition coefficient (Wildman–Crippen LogP) is 13.2. The van der Waals surface area contributed by atoms with Crippen LogP contribution >= 0.6 is 0 Å². The highest BCUT2D eigenvalue weighted by molar-refractivity contribution is 5.76. The second kappa shape index (κ2) is 42.5. The number of amides is 1. The summed E-state index contributed by atoms with van der Waals surface area (Å²) in [6.45, 7) is 4.15. The minimum Gasteiger partial charge on any atom is -0.394 e. The number of aliphatic hydroxyl groups is 2. The zero-order valence-corrected chi connectivity index (χ0v) is 33.5. The molecule has 1 amide bonds. The highest BCUT2D eigenvalue weighted by Crippen LogP contribution is 2.12. The third kappa shape index (κ3) is 38.3. The molecule has 294 valence electrons. The maximum atomic E-state index is 12.3. The van der Waals surface area contributed by atoms with Crippen LogP contribution in [0.4, 0.5) is 0 Å². The zero-order chi connectivity index (χ0) is 37.8. The van der Waals surface area contributed by atoms with Crippen LogP contribution in [0, 0.1) is 0 Å². The van der Waals surface area contributed by atoms with Crippen LogP contribution in [0.3, 0.4) is 0 Å². The number of hydrogen-bond acceptors (Lipinski definition) is 3. The molecular weight excluding hydrogens is 639 g/mol. The standard InChI is InChI=1S/C48H79NO3/c1-3-5-7-9-11-13-15-17-18-19-20-21-22-23-24-25-26-27-28-29-30-32-34-36-38-40-42-44-48(52)49-46(45-50)47(51)43-41-39-37-35-33-31-16-14-12-10-8-6-4-2/h5,7,11,13,17-18,20-21,23-24,26-27,29-30,34,36,41,43,46-47,50-51H,3-4,6,8-10,12,14-16,19,22,25,28,31-33,35,37-40,42,44-45H2,1-2H3,(H,49,52)/b7-5-,13-11-,18-17-,21-20-,24-23-,27-26-,30-29-,36-34-,43-41+. The van der Waals surface area contributed by atoms with Gasteiger partial charge < -0.3 is 15.5 Å². The van der Waals surface area contributed by atoms with Crippen molar-refractivity contribution in [2.45, 2.75) is 180 Å². The summed E-state index contributed by atoms with van der Waals surface area (Å²) in [5, 5.41) is 22.9. The van der Waals surface area contributed by atoms with Gasteiger partial charge in [-0.2, -0.15) is 0 Å². The normalized spacial score (nSPS) is 14.2. The number of carbonyl (C=O) groups excluding carboxylic acids is 1. The van der Waals surface area contributed by atoms with Crippen LogP contribution in [-0.2, 0) is 4.79 Å². The third-order valence-electron chi connectivity index (χ3n) is 8.76. The average molecular weight is 718 g/mol. The molecule has 0 rings (SSSR count). The summed E-state index contributed by atoms with van der Waals surface area (Å²) in [6.07, 6.45) is 64.7. The Kier molecular flexibility index (Phi) is 40.1. The average Bonchev–Trinajstić information content (AvgIpc) is 3.15. The van der Waals surface area contributed by atoms with E-state index in [1.807, 2.05) is 6.08 Å². The van der Waals surface area contributed by atoms with Gasteiger partial charge in [-0.15, -0.1) is 0 Å². The van der Waals surface area contributed by atoms with Crippen LogP contribution in [0.25, 0.3) is 0 Å². The van der Waals surface area contributed by atoms with Gasteiger partial charge in [-0.3, -0.25) is 4.79 Å². The Morgan fingerprint density at radius 1 is 0.481 bits per heavy atom. The Hall–Kier alpha value is -2.95. The minimum atomic E-state index is -0.864. The molecule has 0 heterocycles. The smallest absolute Gasteiger partial charge is 0.220 e. The van der Waals surface area contributed by atoms with Crippen molar-refractivity contribution >= 4 is 5.91 Å². The first-order valence-electron chi connectivity index (χ1n) is 21.1. The second-order valence-corrected chi connectivity index (χ2v) is 13.7. The van der Waals surface area contributed by atoms with Crippen molar-refractivity contribution in [2.24, 2.45) is 0 Å². The summed E-state index contributed by atoms with van der Waals surface area (Å²) in [7, 11) is 0. The highest BCUT2D eigenvalue weighted by atomic mass is 16.3. The van der Waals surface area contributed by atoms with E-state index in [0.717, 1.165) is 83.5 Å². The van der Waals surface area contributed by atoms with E-state index in [1.54, 1.807) is 6.08 Å². The van der Waals surface area contributed by atoms with Crippen LogP contribution in [0.1, 0.15) is 168 Å². The molecule has 0 aliphatic rings. The molecule has 0 saturated carbocycles. The largest absolute Gasteiger partial charge is 0.394 e. The van der Waals surface area contributed by atoms with Gasteiger partial charge in [0, 0.05) is 6.42 Å². The minimum absolute atomic E-state index is 0.113. The van der Waals surface area contributed by atoms with E-state index in [0.29, 0.717) is 6.42 Å². The predicted molar refractivity (Wildman–Crippen MR) is 229 cm³/mol. The van der Waals surface area contributed by atoms with Crippen LogP contribution in [0.5, 0.6) is 0 Å². The Balaban J connectivity index is 3.77. The maximum absolute atomic E-state index is 12.3. The molecule has 0 aromatic heterocycles. The van der Waals surface area contributed by atoms with Crippen LogP contribution in [0.2, 0.25) is 0 Å². The molecular formula is C48H79NO3. The van der Waals surface area contributed by atoms with Crippen molar-refractivity contribution in [2.75, 3.05) is 6.61 Å². The number of unbranched alkanes of at least 4 members (excludes halogenated alkanes) is 13.